The zero-order chi connectivity index (χ0) is 15.0. The topological polar surface area (TPSA) is 50.8 Å². The Bertz CT molecular complexity index is 421. The van der Waals surface area contributed by atoms with Crippen LogP contribution in [0.4, 0.5) is 0 Å². The molecule has 1 N–H and O–H groups in total. The van der Waals surface area contributed by atoms with Gasteiger partial charge in [-0.15, -0.1) is 0 Å². The van der Waals surface area contributed by atoms with E-state index in [-0.39, 0.29) is 11.9 Å². The first-order chi connectivity index (χ1) is 9.56. The van der Waals surface area contributed by atoms with Gasteiger partial charge in [0.2, 0.25) is 5.91 Å². The van der Waals surface area contributed by atoms with Gasteiger partial charge in [-0.05, 0) is 26.0 Å². The Morgan fingerprint density at radius 3 is 2.40 bits per heavy atom. The van der Waals surface area contributed by atoms with E-state index in [1.54, 1.807) is 19.0 Å². The van der Waals surface area contributed by atoms with Gasteiger partial charge in [0.1, 0.15) is 6.61 Å². The fourth-order valence-corrected chi connectivity index (χ4v) is 1.76. The van der Waals surface area contributed by atoms with Crippen molar-refractivity contribution in [2.45, 2.75) is 19.9 Å². The van der Waals surface area contributed by atoms with Crippen LogP contribution < -0.4 is 14.8 Å². The van der Waals surface area contributed by atoms with E-state index >= 15 is 0 Å². The Labute approximate surface area is 120 Å². The maximum absolute atomic E-state index is 11.6. The van der Waals surface area contributed by atoms with Crippen LogP contribution in [0.5, 0.6) is 11.5 Å². The molecule has 5 heteroatoms. The molecule has 1 atom stereocenters. The molecule has 1 amide bonds. The van der Waals surface area contributed by atoms with Crippen molar-refractivity contribution in [1.82, 2.24) is 10.2 Å². The number of carbonyl (C=O) groups excluding carboxylic acids is 1. The second kappa shape index (κ2) is 8.43. The summed E-state index contributed by atoms with van der Waals surface area (Å²) in [7, 11) is 3.49. The second-order valence-corrected chi connectivity index (χ2v) is 4.64. The summed E-state index contributed by atoms with van der Waals surface area (Å²) in [5.41, 5.74) is 0. The average molecular weight is 280 g/mol. The van der Waals surface area contributed by atoms with E-state index in [1.165, 1.54) is 0 Å². The molecule has 0 heterocycles. The van der Waals surface area contributed by atoms with Gasteiger partial charge in [0.25, 0.3) is 0 Å². The van der Waals surface area contributed by atoms with E-state index < -0.39 is 0 Å². The Balaban J connectivity index is 2.36. The monoisotopic (exact) mass is 280 g/mol. The van der Waals surface area contributed by atoms with Crippen LogP contribution in [0.3, 0.4) is 0 Å². The molecule has 0 aliphatic heterocycles. The van der Waals surface area contributed by atoms with Crippen LogP contribution in [0, 0.1) is 0 Å². The highest BCUT2D eigenvalue weighted by Crippen LogP contribution is 2.25. The molecule has 1 aromatic rings. The number of hydrogen-bond acceptors (Lipinski definition) is 4. The number of para-hydroxylation sites is 2. The minimum Gasteiger partial charge on any atom is -0.490 e. The van der Waals surface area contributed by atoms with Crippen LogP contribution in [0.1, 0.15) is 13.8 Å². The van der Waals surface area contributed by atoms with Crippen molar-refractivity contribution in [3.05, 3.63) is 24.3 Å². The Morgan fingerprint density at radius 2 is 1.85 bits per heavy atom. The van der Waals surface area contributed by atoms with Crippen molar-refractivity contribution in [3.8, 4) is 11.5 Å². The third-order valence-electron chi connectivity index (χ3n) is 2.77. The van der Waals surface area contributed by atoms with E-state index in [0.29, 0.717) is 19.8 Å². The lowest BCUT2D eigenvalue weighted by Gasteiger charge is -2.18. The summed E-state index contributed by atoms with van der Waals surface area (Å²) in [6, 6.07) is 7.36. The third-order valence-corrected chi connectivity index (χ3v) is 2.77. The number of amides is 1. The van der Waals surface area contributed by atoms with Gasteiger partial charge in [-0.3, -0.25) is 4.79 Å². The van der Waals surface area contributed by atoms with E-state index in [4.69, 9.17) is 9.47 Å². The van der Waals surface area contributed by atoms with Crippen LogP contribution in [0.15, 0.2) is 24.3 Å². The molecule has 0 bridgehead atoms. The number of nitrogens with one attached hydrogen (secondary N) is 1. The van der Waals surface area contributed by atoms with Crippen LogP contribution in [0.25, 0.3) is 0 Å². The Hall–Kier alpha value is -1.75. The van der Waals surface area contributed by atoms with Gasteiger partial charge >= 0.3 is 0 Å². The minimum atomic E-state index is -0.212. The molecule has 1 rings (SSSR count). The van der Waals surface area contributed by atoms with Crippen molar-refractivity contribution in [2.24, 2.45) is 0 Å². The Kier molecular flexibility index (Phi) is 6.87. The van der Waals surface area contributed by atoms with Gasteiger partial charge in [-0.1, -0.05) is 12.1 Å². The van der Waals surface area contributed by atoms with Crippen LogP contribution in [0.2, 0.25) is 0 Å². The van der Waals surface area contributed by atoms with Crippen molar-refractivity contribution in [2.75, 3.05) is 33.9 Å². The van der Waals surface area contributed by atoms with Gasteiger partial charge in [0, 0.05) is 20.6 Å². The first-order valence-electron chi connectivity index (χ1n) is 6.85. The second-order valence-electron chi connectivity index (χ2n) is 4.64. The number of carbonyl (C=O) groups is 1. The van der Waals surface area contributed by atoms with E-state index in [2.05, 4.69) is 5.32 Å². The van der Waals surface area contributed by atoms with Crippen LogP contribution in [-0.4, -0.2) is 50.7 Å². The van der Waals surface area contributed by atoms with Crippen molar-refractivity contribution >= 4 is 5.91 Å². The van der Waals surface area contributed by atoms with Gasteiger partial charge in [-0.2, -0.15) is 0 Å². The molecule has 0 radical (unpaired) electrons. The summed E-state index contributed by atoms with van der Waals surface area (Å²) in [4.78, 5) is 13.2. The normalized spacial score (nSPS) is 11.8. The summed E-state index contributed by atoms with van der Waals surface area (Å²) in [5.74, 6) is 1.52. The standard InChI is InChI=1S/C15H24N2O3/c1-5-19-13-8-6-7-9-14(13)20-11-10-16-12(2)15(18)17(3)4/h6-9,12,16H,5,10-11H2,1-4H3. The molecule has 0 aliphatic carbocycles. The SMILES string of the molecule is CCOc1ccccc1OCCNC(C)C(=O)N(C)C. The van der Waals surface area contributed by atoms with Gasteiger partial charge in [0.05, 0.1) is 12.6 Å². The summed E-state index contributed by atoms with van der Waals surface area (Å²) < 4.78 is 11.1. The predicted octanol–water partition coefficient (Wildman–Crippen LogP) is 1.53. The minimum absolute atomic E-state index is 0.0553. The zero-order valence-corrected chi connectivity index (χ0v) is 12.7. The molecule has 0 saturated carbocycles. The third kappa shape index (κ3) is 5.09. The summed E-state index contributed by atoms with van der Waals surface area (Å²) in [6.07, 6.45) is 0. The highest BCUT2D eigenvalue weighted by molar-refractivity contribution is 5.80. The maximum Gasteiger partial charge on any atom is 0.238 e. The molecule has 0 saturated heterocycles. The molecule has 5 nitrogen and oxygen atoms in total. The van der Waals surface area contributed by atoms with Crippen molar-refractivity contribution < 1.29 is 14.3 Å². The lowest BCUT2D eigenvalue weighted by molar-refractivity contribution is -0.130. The molecule has 0 aliphatic rings. The molecule has 1 unspecified atom stereocenters. The average Bonchev–Trinajstić information content (AvgIpc) is 2.44. The highest BCUT2D eigenvalue weighted by Gasteiger charge is 2.13. The summed E-state index contributed by atoms with van der Waals surface area (Å²) >= 11 is 0. The predicted molar refractivity (Wildman–Crippen MR) is 79.3 cm³/mol. The number of benzene rings is 1. The number of likely N-dealkylation sites (N-methyl/N-ethyl adjacent to an activating group) is 1. The first kappa shape index (κ1) is 16.3. The molecule has 0 fully saturated rings. The Morgan fingerprint density at radius 1 is 1.25 bits per heavy atom. The van der Waals surface area contributed by atoms with Gasteiger partial charge < -0.3 is 19.7 Å². The molecule has 0 spiro atoms. The lowest BCUT2D eigenvalue weighted by atomic mass is 10.3. The van der Waals surface area contributed by atoms with E-state index in [0.717, 1.165) is 11.5 Å². The number of nitrogens with zero attached hydrogens (tertiary/aromatic N) is 1. The van der Waals surface area contributed by atoms with Crippen molar-refractivity contribution in [1.29, 1.82) is 0 Å². The largest absolute Gasteiger partial charge is 0.490 e. The molecule has 20 heavy (non-hydrogen) atoms. The van der Waals surface area contributed by atoms with Crippen molar-refractivity contribution in [3.63, 3.8) is 0 Å². The van der Waals surface area contributed by atoms with Gasteiger partial charge in [-0.25, -0.2) is 0 Å². The highest BCUT2D eigenvalue weighted by atomic mass is 16.5. The first-order valence-corrected chi connectivity index (χ1v) is 6.85. The van der Waals surface area contributed by atoms with Crippen LogP contribution >= 0.6 is 0 Å². The number of ether oxygens (including phenoxy) is 2. The summed E-state index contributed by atoms with van der Waals surface area (Å²) in [5, 5.41) is 3.13. The molecule has 1 aromatic carbocycles. The quantitative estimate of drug-likeness (QED) is 0.734. The van der Waals surface area contributed by atoms with E-state index in [9.17, 15) is 4.79 Å². The molecule has 112 valence electrons. The molecular weight excluding hydrogens is 256 g/mol. The smallest absolute Gasteiger partial charge is 0.238 e. The zero-order valence-electron chi connectivity index (χ0n) is 12.7. The van der Waals surface area contributed by atoms with Gasteiger partial charge in [0.15, 0.2) is 11.5 Å². The lowest BCUT2D eigenvalue weighted by Crippen LogP contribution is -2.42. The summed E-state index contributed by atoms with van der Waals surface area (Å²) in [6.45, 7) is 5.46. The fourth-order valence-electron chi connectivity index (χ4n) is 1.76. The number of rotatable bonds is 8. The van der Waals surface area contributed by atoms with Crippen LogP contribution in [-0.2, 0) is 4.79 Å². The molecular formula is C15H24N2O3. The fraction of sp³-hybridized carbons (Fsp3) is 0.533. The molecule has 0 aromatic heterocycles. The van der Waals surface area contributed by atoms with E-state index in [1.807, 2.05) is 38.1 Å². The number of hydrogen-bond donors (Lipinski definition) is 1. The maximum atomic E-state index is 11.6.